The monoisotopic (exact) mass is 290 g/mol. The summed E-state index contributed by atoms with van der Waals surface area (Å²) in [6.45, 7) is 2.84. The van der Waals surface area contributed by atoms with E-state index in [0.29, 0.717) is 11.9 Å². The molecule has 2 aliphatic rings. The highest BCUT2D eigenvalue weighted by Crippen LogP contribution is 2.41. The van der Waals surface area contributed by atoms with Crippen LogP contribution in [0.5, 0.6) is 0 Å². The number of thioether (sulfide) groups is 1. The van der Waals surface area contributed by atoms with Crippen LogP contribution in [-0.2, 0) is 11.3 Å². The van der Waals surface area contributed by atoms with Crippen molar-refractivity contribution in [2.45, 2.75) is 49.9 Å². The number of hydrogen-bond donors (Lipinski definition) is 1. The van der Waals surface area contributed by atoms with Crippen molar-refractivity contribution >= 4 is 23.4 Å². The number of rotatable bonds is 4. The van der Waals surface area contributed by atoms with E-state index in [0.717, 1.165) is 43.7 Å². The van der Waals surface area contributed by atoms with Crippen LogP contribution in [0.1, 0.15) is 38.2 Å². The van der Waals surface area contributed by atoms with E-state index in [4.69, 9.17) is 5.73 Å². The molecule has 1 unspecified atom stereocenters. The van der Waals surface area contributed by atoms with Gasteiger partial charge in [-0.15, -0.1) is 11.8 Å². The molecule has 3 rings (SSSR count). The highest BCUT2D eigenvalue weighted by atomic mass is 32.2. The maximum absolute atomic E-state index is 12.9. The van der Waals surface area contributed by atoms with Crippen LogP contribution in [0.4, 0.5) is 5.69 Å². The summed E-state index contributed by atoms with van der Waals surface area (Å²) >= 11 is 1.83. The van der Waals surface area contributed by atoms with Crippen molar-refractivity contribution in [2.75, 3.05) is 11.5 Å². The summed E-state index contributed by atoms with van der Waals surface area (Å²) < 4.78 is -0.198. The van der Waals surface area contributed by atoms with E-state index in [1.807, 2.05) is 36.0 Å². The molecule has 0 aromatic heterocycles. The summed E-state index contributed by atoms with van der Waals surface area (Å²) in [5, 5.41) is 0. The molecule has 1 saturated carbocycles. The molecule has 0 radical (unpaired) electrons. The zero-order chi connectivity index (χ0) is 14.2. The van der Waals surface area contributed by atoms with Crippen LogP contribution in [0.25, 0.3) is 0 Å². The van der Waals surface area contributed by atoms with Crippen LogP contribution in [0, 0.1) is 0 Å². The average Bonchev–Trinajstić information content (AvgIpc) is 3.19. The van der Waals surface area contributed by atoms with Gasteiger partial charge in [0.1, 0.15) is 0 Å². The minimum atomic E-state index is -0.198. The smallest absolute Gasteiger partial charge is 0.239 e. The van der Waals surface area contributed by atoms with Gasteiger partial charge in [-0.1, -0.05) is 12.1 Å². The largest absolute Gasteiger partial charge is 0.399 e. The summed E-state index contributed by atoms with van der Waals surface area (Å²) in [6.07, 6.45) is 4.48. The molecule has 1 heterocycles. The second kappa shape index (κ2) is 5.32. The van der Waals surface area contributed by atoms with E-state index >= 15 is 0 Å². The number of carbonyl (C=O) groups excluding carboxylic acids is 1. The number of anilines is 1. The highest BCUT2D eigenvalue weighted by Gasteiger charge is 2.44. The first kappa shape index (κ1) is 13.8. The molecule has 2 N–H and O–H groups in total. The summed E-state index contributed by atoms with van der Waals surface area (Å²) in [4.78, 5) is 15.0. The number of nitrogens with zero attached hydrogens (tertiary/aromatic N) is 1. The van der Waals surface area contributed by atoms with E-state index in [1.54, 1.807) is 0 Å². The predicted molar refractivity (Wildman–Crippen MR) is 84.5 cm³/mol. The molecule has 1 amide bonds. The second-order valence-electron chi connectivity index (χ2n) is 6.09. The molecule has 2 fully saturated rings. The minimum absolute atomic E-state index is 0.198. The Morgan fingerprint density at radius 1 is 1.40 bits per heavy atom. The van der Waals surface area contributed by atoms with Gasteiger partial charge in [0.05, 0.1) is 4.75 Å². The SMILES string of the molecule is CC1(C(=O)N(Cc2ccc(N)cc2)C2CC2)CCCS1. The third kappa shape index (κ3) is 2.80. The zero-order valence-corrected chi connectivity index (χ0v) is 12.8. The number of carbonyl (C=O) groups is 1. The third-order valence-corrected chi connectivity index (χ3v) is 5.76. The van der Waals surface area contributed by atoms with E-state index in [9.17, 15) is 4.79 Å². The van der Waals surface area contributed by atoms with Crippen LogP contribution in [-0.4, -0.2) is 27.3 Å². The van der Waals surface area contributed by atoms with E-state index in [-0.39, 0.29) is 4.75 Å². The Hall–Kier alpha value is -1.16. The first-order valence-electron chi connectivity index (χ1n) is 7.38. The van der Waals surface area contributed by atoms with Crippen molar-refractivity contribution in [3.8, 4) is 0 Å². The van der Waals surface area contributed by atoms with Gasteiger partial charge in [-0.2, -0.15) is 0 Å². The van der Waals surface area contributed by atoms with Crippen molar-refractivity contribution in [3.05, 3.63) is 29.8 Å². The fourth-order valence-electron chi connectivity index (χ4n) is 2.82. The topological polar surface area (TPSA) is 46.3 Å². The number of amides is 1. The third-order valence-electron chi connectivity index (χ3n) is 4.25. The van der Waals surface area contributed by atoms with Gasteiger partial charge in [0.25, 0.3) is 0 Å². The molecule has 108 valence electrons. The molecule has 20 heavy (non-hydrogen) atoms. The average molecular weight is 290 g/mol. The van der Waals surface area contributed by atoms with Crippen LogP contribution in [0.3, 0.4) is 0 Å². The Balaban J connectivity index is 1.75. The van der Waals surface area contributed by atoms with Crippen LogP contribution < -0.4 is 5.73 Å². The Bertz CT molecular complexity index is 490. The number of hydrogen-bond acceptors (Lipinski definition) is 3. The minimum Gasteiger partial charge on any atom is -0.399 e. The van der Waals surface area contributed by atoms with Crippen LogP contribution in [0.15, 0.2) is 24.3 Å². The molecule has 1 atom stereocenters. The lowest BCUT2D eigenvalue weighted by Gasteiger charge is -2.31. The summed E-state index contributed by atoms with van der Waals surface area (Å²) in [7, 11) is 0. The molecular weight excluding hydrogens is 268 g/mol. The lowest BCUT2D eigenvalue weighted by Crippen LogP contribution is -2.44. The van der Waals surface area contributed by atoms with E-state index < -0.39 is 0 Å². The molecule has 1 saturated heterocycles. The first-order chi connectivity index (χ1) is 9.58. The van der Waals surface area contributed by atoms with Gasteiger partial charge in [-0.25, -0.2) is 0 Å². The van der Waals surface area contributed by atoms with Crippen LogP contribution >= 0.6 is 11.8 Å². The maximum atomic E-state index is 12.9. The number of benzene rings is 1. The van der Waals surface area contributed by atoms with Gasteiger partial charge in [0.15, 0.2) is 0 Å². The predicted octanol–water partition coefficient (Wildman–Crippen LogP) is 3.05. The highest BCUT2D eigenvalue weighted by molar-refractivity contribution is 8.01. The number of nitrogens with two attached hydrogens (primary N) is 1. The molecule has 1 aromatic carbocycles. The molecular formula is C16H22N2OS. The first-order valence-corrected chi connectivity index (χ1v) is 8.36. The molecule has 0 bridgehead atoms. The Labute approximate surface area is 124 Å². The zero-order valence-electron chi connectivity index (χ0n) is 12.0. The van der Waals surface area contributed by atoms with E-state index in [2.05, 4.69) is 11.8 Å². The van der Waals surface area contributed by atoms with Crippen molar-refractivity contribution < 1.29 is 4.79 Å². The molecule has 3 nitrogen and oxygen atoms in total. The van der Waals surface area contributed by atoms with Gasteiger partial charge in [0, 0.05) is 18.3 Å². The van der Waals surface area contributed by atoms with Gasteiger partial charge < -0.3 is 10.6 Å². The Kier molecular flexibility index (Phi) is 3.67. The molecule has 1 aliphatic carbocycles. The summed E-state index contributed by atoms with van der Waals surface area (Å²) in [5.74, 6) is 1.45. The van der Waals surface area contributed by atoms with Crippen molar-refractivity contribution in [1.29, 1.82) is 0 Å². The van der Waals surface area contributed by atoms with Crippen molar-refractivity contribution in [1.82, 2.24) is 4.90 Å². The lowest BCUT2D eigenvalue weighted by atomic mass is 10.0. The van der Waals surface area contributed by atoms with Gasteiger partial charge >= 0.3 is 0 Å². The summed E-state index contributed by atoms with van der Waals surface area (Å²) in [5.41, 5.74) is 7.67. The van der Waals surface area contributed by atoms with Crippen molar-refractivity contribution in [2.24, 2.45) is 0 Å². The number of nitrogen functional groups attached to an aromatic ring is 1. The quantitative estimate of drug-likeness (QED) is 0.867. The standard InChI is InChI=1S/C16H22N2OS/c1-16(9-2-10-20-16)15(19)18(14-7-8-14)11-12-3-5-13(17)6-4-12/h3-6,14H,2,7-11,17H2,1H3. The van der Waals surface area contributed by atoms with Crippen LogP contribution in [0.2, 0.25) is 0 Å². The fourth-order valence-corrected chi connectivity index (χ4v) is 4.09. The van der Waals surface area contributed by atoms with E-state index in [1.165, 1.54) is 5.56 Å². The molecule has 1 aromatic rings. The molecule has 0 spiro atoms. The fraction of sp³-hybridized carbons (Fsp3) is 0.562. The van der Waals surface area contributed by atoms with Gasteiger partial charge in [-0.05, 0) is 56.1 Å². The molecule has 4 heteroatoms. The van der Waals surface area contributed by atoms with Gasteiger partial charge in [-0.3, -0.25) is 4.79 Å². The lowest BCUT2D eigenvalue weighted by molar-refractivity contribution is -0.134. The summed E-state index contributed by atoms with van der Waals surface area (Å²) in [6, 6.07) is 8.34. The second-order valence-corrected chi connectivity index (χ2v) is 7.69. The molecule has 1 aliphatic heterocycles. The van der Waals surface area contributed by atoms with Crippen molar-refractivity contribution in [3.63, 3.8) is 0 Å². The normalized spacial score (nSPS) is 25.6. The Morgan fingerprint density at radius 3 is 2.65 bits per heavy atom. The Morgan fingerprint density at radius 2 is 2.10 bits per heavy atom. The van der Waals surface area contributed by atoms with Gasteiger partial charge in [0.2, 0.25) is 5.91 Å². The maximum Gasteiger partial charge on any atom is 0.239 e.